The molecule has 16 heavy (non-hydrogen) atoms. The number of carbonyl (C=O) groups is 1. The molecule has 0 amide bonds. The van der Waals surface area contributed by atoms with E-state index in [4.69, 9.17) is 4.74 Å². The second-order valence-corrected chi connectivity index (χ2v) is 3.33. The van der Waals surface area contributed by atoms with Crippen LogP contribution in [0.5, 0.6) is 0 Å². The Morgan fingerprint density at radius 3 is 2.75 bits per heavy atom. The lowest BCUT2D eigenvalue weighted by Gasteiger charge is -1.97. The van der Waals surface area contributed by atoms with E-state index in [1.807, 2.05) is 30.4 Å². The van der Waals surface area contributed by atoms with Crippen LogP contribution in [0.4, 0.5) is 0 Å². The van der Waals surface area contributed by atoms with Crippen molar-refractivity contribution in [2.45, 2.75) is 13.8 Å². The predicted molar refractivity (Wildman–Crippen MR) is 66.0 cm³/mol. The number of hydrogen-bond donors (Lipinski definition) is 0. The van der Waals surface area contributed by atoms with Gasteiger partial charge in [-0.3, -0.25) is 0 Å². The first-order valence-electron chi connectivity index (χ1n) is 5.31. The maximum atomic E-state index is 11.0. The summed E-state index contributed by atoms with van der Waals surface area (Å²) in [6.45, 7) is 4.24. The Balaban J connectivity index is 2.55. The van der Waals surface area contributed by atoms with E-state index in [-0.39, 0.29) is 5.97 Å². The van der Waals surface area contributed by atoms with Crippen molar-refractivity contribution >= 4 is 12.0 Å². The fraction of sp³-hybridized carbons (Fsp3) is 0.214. The zero-order chi connectivity index (χ0) is 11.8. The zero-order valence-corrected chi connectivity index (χ0v) is 9.64. The van der Waals surface area contributed by atoms with Gasteiger partial charge in [-0.2, -0.15) is 0 Å². The highest BCUT2D eigenvalue weighted by Crippen LogP contribution is 2.08. The zero-order valence-electron chi connectivity index (χ0n) is 9.64. The van der Waals surface area contributed by atoms with Crippen molar-refractivity contribution < 1.29 is 9.53 Å². The molecule has 1 aromatic carbocycles. The van der Waals surface area contributed by atoms with Crippen LogP contribution in [0.3, 0.4) is 0 Å². The third-order valence-electron chi connectivity index (χ3n) is 2.09. The highest BCUT2D eigenvalue weighted by Gasteiger charge is 1.91. The molecule has 0 N–H and O–H groups in total. The van der Waals surface area contributed by atoms with Crippen LogP contribution in [0.2, 0.25) is 0 Å². The van der Waals surface area contributed by atoms with Crippen LogP contribution >= 0.6 is 0 Å². The van der Waals surface area contributed by atoms with Crippen LogP contribution in [-0.4, -0.2) is 12.6 Å². The number of hydrogen-bond acceptors (Lipinski definition) is 2. The van der Waals surface area contributed by atoms with E-state index in [0.29, 0.717) is 6.61 Å². The number of ether oxygens (including phenoxy) is 1. The predicted octanol–water partition coefficient (Wildman–Crippen LogP) is 3.13. The molecular weight excluding hydrogens is 200 g/mol. The lowest BCUT2D eigenvalue weighted by molar-refractivity contribution is -0.137. The minimum atomic E-state index is -0.308. The average Bonchev–Trinajstić information content (AvgIpc) is 2.27. The summed E-state index contributed by atoms with van der Waals surface area (Å²) in [6, 6.07) is 8.07. The van der Waals surface area contributed by atoms with E-state index < -0.39 is 0 Å². The van der Waals surface area contributed by atoms with Crippen LogP contribution in [0.25, 0.3) is 6.08 Å². The molecule has 0 saturated heterocycles. The van der Waals surface area contributed by atoms with Crippen molar-refractivity contribution in [3.8, 4) is 0 Å². The lowest BCUT2D eigenvalue weighted by atomic mass is 10.1. The minimum absolute atomic E-state index is 0.308. The Hall–Kier alpha value is -1.83. The molecule has 0 unspecified atom stereocenters. The molecule has 2 nitrogen and oxygen atoms in total. The Bertz CT molecular complexity index is 403. The standard InChI is InChI=1S/C14H16O2/c1-3-16-14(15)11-7-6-10-13-9-5-4-8-12(13)2/h4-11H,3H2,1-2H3/b10-6+,11-7+. The number of carbonyl (C=O) groups excluding carboxylic acids is 1. The summed E-state index contributed by atoms with van der Waals surface area (Å²) in [7, 11) is 0. The molecule has 0 heterocycles. The first-order chi connectivity index (χ1) is 7.74. The van der Waals surface area contributed by atoms with E-state index in [0.717, 1.165) is 5.56 Å². The van der Waals surface area contributed by atoms with Crippen LogP contribution < -0.4 is 0 Å². The summed E-state index contributed by atoms with van der Waals surface area (Å²) >= 11 is 0. The smallest absolute Gasteiger partial charge is 0.330 e. The quantitative estimate of drug-likeness (QED) is 0.439. The fourth-order valence-corrected chi connectivity index (χ4v) is 1.26. The maximum absolute atomic E-state index is 11.0. The highest BCUT2D eigenvalue weighted by molar-refractivity contribution is 5.82. The number of allylic oxidation sites excluding steroid dienone is 2. The fourth-order valence-electron chi connectivity index (χ4n) is 1.26. The van der Waals surface area contributed by atoms with Gasteiger partial charge in [0.2, 0.25) is 0 Å². The van der Waals surface area contributed by atoms with Gasteiger partial charge in [-0.1, -0.05) is 42.5 Å². The largest absolute Gasteiger partial charge is 0.463 e. The van der Waals surface area contributed by atoms with Gasteiger partial charge >= 0.3 is 5.97 Å². The third kappa shape index (κ3) is 4.13. The van der Waals surface area contributed by atoms with Gasteiger partial charge in [-0.25, -0.2) is 4.79 Å². The Morgan fingerprint density at radius 2 is 2.06 bits per heavy atom. The van der Waals surface area contributed by atoms with Crippen LogP contribution in [0.15, 0.2) is 42.5 Å². The van der Waals surface area contributed by atoms with E-state index >= 15 is 0 Å². The van der Waals surface area contributed by atoms with Gasteiger partial charge in [0, 0.05) is 6.08 Å². The minimum Gasteiger partial charge on any atom is -0.463 e. The molecule has 1 rings (SSSR count). The molecule has 1 aromatic rings. The first-order valence-corrected chi connectivity index (χ1v) is 5.31. The Labute approximate surface area is 96.2 Å². The maximum Gasteiger partial charge on any atom is 0.330 e. The summed E-state index contributed by atoms with van der Waals surface area (Å²) in [4.78, 5) is 11.0. The van der Waals surface area contributed by atoms with E-state index in [1.54, 1.807) is 13.0 Å². The normalized spacial score (nSPS) is 11.1. The van der Waals surface area contributed by atoms with Gasteiger partial charge in [0.1, 0.15) is 0 Å². The Morgan fingerprint density at radius 1 is 1.31 bits per heavy atom. The molecule has 0 bridgehead atoms. The van der Waals surface area contributed by atoms with Crippen molar-refractivity contribution in [3.63, 3.8) is 0 Å². The van der Waals surface area contributed by atoms with Crippen LogP contribution in [0.1, 0.15) is 18.1 Å². The number of esters is 1. The van der Waals surface area contributed by atoms with Gasteiger partial charge in [0.05, 0.1) is 6.61 Å². The molecule has 0 radical (unpaired) electrons. The molecule has 0 aliphatic carbocycles. The van der Waals surface area contributed by atoms with Crippen LogP contribution in [-0.2, 0) is 9.53 Å². The average molecular weight is 216 g/mol. The van der Waals surface area contributed by atoms with Crippen molar-refractivity contribution in [3.05, 3.63) is 53.6 Å². The van der Waals surface area contributed by atoms with Crippen molar-refractivity contribution in [2.24, 2.45) is 0 Å². The van der Waals surface area contributed by atoms with E-state index in [1.165, 1.54) is 11.6 Å². The van der Waals surface area contributed by atoms with Gasteiger partial charge in [-0.05, 0) is 25.0 Å². The molecule has 0 fully saturated rings. The van der Waals surface area contributed by atoms with Crippen molar-refractivity contribution in [2.75, 3.05) is 6.61 Å². The Kier molecular flexibility index (Phi) is 5.06. The molecule has 0 spiro atoms. The van der Waals surface area contributed by atoms with Gasteiger partial charge in [-0.15, -0.1) is 0 Å². The molecule has 0 aliphatic rings. The summed E-state index contributed by atoms with van der Waals surface area (Å²) in [5.74, 6) is -0.308. The topological polar surface area (TPSA) is 26.3 Å². The lowest BCUT2D eigenvalue weighted by Crippen LogP contribution is -1.98. The second-order valence-electron chi connectivity index (χ2n) is 3.33. The highest BCUT2D eigenvalue weighted by atomic mass is 16.5. The summed E-state index contributed by atoms with van der Waals surface area (Å²) in [5.41, 5.74) is 2.36. The van der Waals surface area contributed by atoms with E-state index in [9.17, 15) is 4.79 Å². The molecule has 2 heteroatoms. The third-order valence-corrected chi connectivity index (χ3v) is 2.09. The first kappa shape index (κ1) is 12.2. The summed E-state index contributed by atoms with van der Waals surface area (Å²) in [5, 5.41) is 0. The SMILES string of the molecule is CCOC(=O)/C=C/C=C/c1ccccc1C. The van der Waals surface area contributed by atoms with Gasteiger partial charge in [0.25, 0.3) is 0 Å². The molecule has 0 atom stereocenters. The van der Waals surface area contributed by atoms with Crippen molar-refractivity contribution in [1.82, 2.24) is 0 Å². The molecule has 0 saturated carbocycles. The molecule has 0 aliphatic heterocycles. The van der Waals surface area contributed by atoms with Gasteiger partial charge in [0.15, 0.2) is 0 Å². The molecule has 0 aromatic heterocycles. The van der Waals surface area contributed by atoms with Crippen LogP contribution in [0, 0.1) is 6.92 Å². The van der Waals surface area contributed by atoms with Gasteiger partial charge < -0.3 is 4.74 Å². The monoisotopic (exact) mass is 216 g/mol. The number of aryl methyl sites for hydroxylation is 1. The summed E-state index contributed by atoms with van der Waals surface area (Å²) in [6.07, 6.45) is 6.90. The summed E-state index contributed by atoms with van der Waals surface area (Å²) < 4.78 is 4.76. The number of rotatable bonds is 4. The molecular formula is C14H16O2. The van der Waals surface area contributed by atoms with E-state index in [2.05, 4.69) is 13.0 Å². The van der Waals surface area contributed by atoms with Crippen molar-refractivity contribution in [1.29, 1.82) is 0 Å². The second kappa shape index (κ2) is 6.62. The number of benzene rings is 1. The molecule has 84 valence electrons.